The second kappa shape index (κ2) is 19.5. The van der Waals surface area contributed by atoms with Crippen LogP contribution in [0.25, 0.3) is 0 Å². The quantitative estimate of drug-likeness (QED) is 0.275. The van der Waals surface area contributed by atoms with Crippen LogP contribution in [0.3, 0.4) is 0 Å². The lowest BCUT2D eigenvalue weighted by molar-refractivity contribution is -0.141. The summed E-state index contributed by atoms with van der Waals surface area (Å²) in [4.78, 5) is 19.8. The summed E-state index contributed by atoms with van der Waals surface area (Å²) in [6.07, 6.45) is 0. The zero-order valence-corrected chi connectivity index (χ0v) is 14.1. The summed E-state index contributed by atoms with van der Waals surface area (Å²) in [5.41, 5.74) is 0. The van der Waals surface area contributed by atoms with Crippen molar-refractivity contribution in [2.75, 3.05) is 37.9 Å². The number of ether oxygens (including phenoxy) is 1. The van der Waals surface area contributed by atoms with Crippen molar-refractivity contribution in [3.05, 3.63) is 0 Å². The minimum Gasteiger partial charge on any atom is -0.481 e. The number of aliphatic carboxylic acids is 2. The van der Waals surface area contributed by atoms with Crippen LogP contribution in [0.2, 0.25) is 0 Å². The van der Waals surface area contributed by atoms with Gasteiger partial charge in [0.05, 0.1) is 38.3 Å². The molecular weight excluding hydrogens is 320 g/mol. The molecule has 0 amide bonds. The van der Waals surface area contributed by atoms with E-state index in [9.17, 15) is 9.59 Å². The van der Waals surface area contributed by atoms with Gasteiger partial charge in [-0.15, -0.1) is 0 Å². The molecule has 0 bridgehead atoms. The van der Waals surface area contributed by atoms with E-state index in [1.807, 2.05) is 0 Å². The van der Waals surface area contributed by atoms with Crippen molar-refractivity contribution >= 4 is 37.2 Å². The fraction of sp³-hybridized carbons (Fsp3) is 0.833. The fourth-order valence-corrected chi connectivity index (χ4v) is 0.700. The van der Waals surface area contributed by atoms with E-state index in [1.54, 1.807) is 13.8 Å². The number of rotatable bonds is 8. The summed E-state index contributed by atoms with van der Waals surface area (Å²) >= 11 is 7.55. The van der Waals surface area contributed by atoms with Crippen molar-refractivity contribution < 1.29 is 34.8 Å². The van der Waals surface area contributed by atoms with E-state index in [1.165, 1.54) is 0 Å². The van der Waals surface area contributed by atoms with Gasteiger partial charge in [0.2, 0.25) is 0 Å². The van der Waals surface area contributed by atoms with E-state index in [2.05, 4.69) is 30.0 Å². The van der Waals surface area contributed by atoms with Gasteiger partial charge < -0.3 is 25.2 Å². The van der Waals surface area contributed by atoms with Gasteiger partial charge in [0.15, 0.2) is 0 Å². The molecule has 2 unspecified atom stereocenters. The minimum atomic E-state index is -0.782. The summed E-state index contributed by atoms with van der Waals surface area (Å²) in [5, 5.41) is 32.4. The Morgan fingerprint density at radius 3 is 1.29 bits per heavy atom. The van der Waals surface area contributed by atoms with Crippen LogP contribution in [-0.4, -0.2) is 70.3 Å². The van der Waals surface area contributed by atoms with E-state index in [0.29, 0.717) is 24.7 Å². The number of aliphatic hydroxyl groups is 2. The van der Waals surface area contributed by atoms with E-state index < -0.39 is 11.9 Å². The maximum Gasteiger partial charge on any atom is 0.307 e. The highest BCUT2D eigenvalue weighted by molar-refractivity contribution is 7.80. The van der Waals surface area contributed by atoms with Crippen LogP contribution >= 0.6 is 25.3 Å². The summed E-state index contributed by atoms with van der Waals surface area (Å²) in [7, 11) is 0. The molecule has 128 valence electrons. The Morgan fingerprint density at radius 1 is 0.905 bits per heavy atom. The van der Waals surface area contributed by atoms with Crippen molar-refractivity contribution in [3.63, 3.8) is 0 Å². The number of aliphatic hydroxyl groups excluding tert-OH is 2. The smallest absolute Gasteiger partial charge is 0.307 e. The monoisotopic (exact) mass is 346 g/mol. The average molecular weight is 346 g/mol. The summed E-state index contributed by atoms with van der Waals surface area (Å²) < 4.78 is 4.63. The second-order valence-corrected chi connectivity index (χ2v) is 4.63. The standard InChI is InChI=1S/C4H10O3.2C4H8O2S/c5-1-3-7-4-2-6;2*1-3(2-7)4(5)6/h5-6H,1-4H2;2*3,7H,2H2,1H3,(H,5,6). The Morgan fingerprint density at radius 2 is 1.19 bits per heavy atom. The molecular formula is C12H26O7S2. The van der Waals surface area contributed by atoms with Crippen LogP contribution in [-0.2, 0) is 14.3 Å². The first kappa shape index (κ1) is 25.5. The number of hydrogen-bond acceptors (Lipinski definition) is 7. The minimum absolute atomic E-state index is 0.0278. The molecule has 0 heterocycles. The normalized spacial score (nSPS) is 12.1. The maximum absolute atomic E-state index is 9.88. The average Bonchev–Trinajstić information content (AvgIpc) is 2.47. The first-order valence-corrected chi connectivity index (χ1v) is 7.51. The molecule has 0 aliphatic rings. The number of carboxylic acids is 2. The molecule has 0 aromatic heterocycles. The molecule has 0 aliphatic carbocycles. The van der Waals surface area contributed by atoms with Crippen LogP contribution < -0.4 is 0 Å². The molecule has 0 fully saturated rings. The van der Waals surface area contributed by atoms with Crippen LogP contribution in [0.1, 0.15) is 13.8 Å². The van der Waals surface area contributed by atoms with Gasteiger partial charge in [-0.2, -0.15) is 25.3 Å². The van der Waals surface area contributed by atoms with Gasteiger partial charge in [0.25, 0.3) is 0 Å². The van der Waals surface area contributed by atoms with Gasteiger partial charge in [-0.05, 0) is 0 Å². The first-order valence-electron chi connectivity index (χ1n) is 6.25. The van der Waals surface area contributed by atoms with E-state index >= 15 is 0 Å². The van der Waals surface area contributed by atoms with E-state index in [-0.39, 0.29) is 25.0 Å². The number of carboxylic acid groups (broad SMARTS) is 2. The van der Waals surface area contributed by atoms with Gasteiger partial charge in [-0.1, -0.05) is 13.8 Å². The molecule has 2 atom stereocenters. The molecule has 0 saturated carbocycles. The van der Waals surface area contributed by atoms with Crippen molar-refractivity contribution in [2.45, 2.75) is 13.8 Å². The maximum atomic E-state index is 9.88. The van der Waals surface area contributed by atoms with E-state index in [4.69, 9.17) is 20.4 Å². The van der Waals surface area contributed by atoms with Crippen molar-refractivity contribution in [2.24, 2.45) is 11.8 Å². The lowest BCUT2D eigenvalue weighted by Gasteiger charge is -1.95. The third-order valence-electron chi connectivity index (χ3n) is 1.86. The Labute approximate surface area is 136 Å². The first-order chi connectivity index (χ1) is 9.78. The van der Waals surface area contributed by atoms with Crippen LogP contribution in [0.4, 0.5) is 0 Å². The Kier molecular flexibility index (Phi) is 23.7. The highest BCUT2D eigenvalue weighted by Gasteiger charge is 2.06. The fourth-order valence-electron chi connectivity index (χ4n) is 0.387. The van der Waals surface area contributed by atoms with Crippen molar-refractivity contribution in [1.29, 1.82) is 0 Å². The Balaban J connectivity index is -0.000000231. The van der Waals surface area contributed by atoms with Gasteiger partial charge in [0, 0.05) is 11.5 Å². The number of hydrogen-bond donors (Lipinski definition) is 6. The zero-order valence-electron chi connectivity index (χ0n) is 12.3. The van der Waals surface area contributed by atoms with Gasteiger partial charge in [-0.25, -0.2) is 0 Å². The number of thiol groups is 2. The lowest BCUT2D eigenvalue weighted by atomic mass is 10.2. The van der Waals surface area contributed by atoms with Crippen molar-refractivity contribution in [1.82, 2.24) is 0 Å². The van der Waals surface area contributed by atoms with E-state index in [0.717, 1.165) is 0 Å². The highest BCUT2D eigenvalue weighted by atomic mass is 32.1. The Bertz CT molecular complexity index is 228. The summed E-state index contributed by atoms with van der Waals surface area (Å²) in [6, 6.07) is 0. The SMILES string of the molecule is CC(CS)C(=O)O.CC(CS)C(=O)O.OCCOCCO. The zero-order chi connectivity index (χ0) is 17.3. The molecule has 9 heteroatoms. The molecule has 0 aliphatic heterocycles. The second-order valence-electron chi connectivity index (χ2n) is 3.90. The molecule has 0 aromatic rings. The van der Waals surface area contributed by atoms with Crippen LogP contribution in [0.5, 0.6) is 0 Å². The molecule has 0 saturated heterocycles. The van der Waals surface area contributed by atoms with Crippen molar-refractivity contribution in [3.8, 4) is 0 Å². The summed E-state index contributed by atoms with van der Waals surface area (Å²) in [6.45, 7) is 3.94. The predicted molar refractivity (Wildman–Crippen MR) is 86.3 cm³/mol. The third kappa shape index (κ3) is 24.9. The van der Waals surface area contributed by atoms with Gasteiger partial charge in [-0.3, -0.25) is 9.59 Å². The molecule has 7 nitrogen and oxygen atoms in total. The predicted octanol–water partition coefficient (Wildman–Crippen LogP) is 0.261. The lowest BCUT2D eigenvalue weighted by Crippen LogP contribution is -2.09. The Hall–Kier alpha value is -0.480. The summed E-state index contributed by atoms with van der Waals surface area (Å²) in [5.74, 6) is -1.37. The van der Waals surface area contributed by atoms with Crippen LogP contribution in [0, 0.1) is 11.8 Å². The third-order valence-corrected chi connectivity index (χ3v) is 2.96. The number of carbonyl (C=O) groups is 2. The topological polar surface area (TPSA) is 124 Å². The molecule has 0 radical (unpaired) electrons. The molecule has 0 spiro atoms. The molecule has 0 rings (SSSR count). The highest BCUT2D eigenvalue weighted by Crippen LogP contribution is 1.95. The largest absolute Gasteiger partial charge is 0.481 e. The van der Waals surface area contributed by atoms with Gasteiger partial charge >= 0.3 is 11.9 Å². The van der Waals surface area contributed by atoms with Crippen LogP contribution in [0.15, 0.2) is 0 Å². The molecule has 21 heavy (non-hydrogen) atoms. The molecule has 4 N–H and O–H groups in total. The molecule has 0 aromatic carbocycles. The van der Waals surface area contributed by atoms with Gasteiger partial charge in [0.1, 0.15) is 0 Å².